The van der Waals surface area contributed by atoms with Crippen LogP contribution in [-0.4, -0.2) is 24.4 Å². The van der Waals surface area contributed by atoms with Crippen molar-refractivity contribution in [2.24, 2.45) is 17.8 Å². The minimum Gasteiger partial charge on any atom is -0.462 e. The van der Waals surface area contributed by atoms with E-state index in [1.807, 2.05) is 38.1 Å². The standard InChI is InChI=1S/C29H25NO4/c1-16(2)15-34-29(33)17-8-7-9-18(14-17)30-27(31)25-23-19-10-3-4-11-20(19)24(26(25)28(30)32)22-13-6-5-12-21(22)23/h3-14,16,23-26H,15H2,1-2H3. The van der Waals surface area contributed by atoms with Crippen LogP contribution in [0.4, 0.5) is 5.69 Å². The Morgan fingerprint density at radius 1 is 0.794 bits per heavy atom. The molecule has 34 heavy (non-hydrogen) atoms. The Morgan fingerprint density at radius 2 is 1.29 bits per heavy atom. The van der Waals surface area contributed by atoms with E-state index < -0.39 is 17.8 Å². The number of esters is 1. The van der Waals surface area contributed by atoms with E-state index in [1.54, 1.807) is 24.3 Å². The van der Waals surface area contributed by atoms with Crippen LogP contribution in [0.25, 0.3) is 0 Å². The fourth-order valence-electron chi connectivity index (χ4n) is 6.03. The number of ether oxygens (including phenoxy) is 1. The summed E-state index contributed by atoms with van der Waals surface area (Å²) in [6, 6.07) is 23.0. The summed E-state index contributed by atoms with van der Waals surface area (Å²) in [4.78, 5) is 41.5. The number of carbonyl (C=O) groups excluding carboxylic acids is 3. The van der Waals surface area contributed by atoms with Crippen LogP contribution in [0.2, 0.25) is 0 Å². The number of carbonyl (C=O) groups is 3. The van der Waals surface area contributed by atoms with Crippen molar-refractivity contribution in [3.8, 4) is 0 Å². The SMILES string of the molecule is CC(C)COC(=O)c1cccc(N2C(=O)C3C4c5ccccc5C(c5ccccc54)C3C2=O)c1. The normalized spacial score (nSPS) is 24.1. The number of benzene rings is 3. The first kappa shape index (κ1) is 20.8. The first-order chi connectivity index (χ1) is 16.5. The van der Waals surface area contributed by atoms with Crippen LogP contribution in [0.1, 0.15) is 58.3 Å². The molecule has 4 aliphatic rings. The molecule has 2 amide bonds. The maximum Gasteiger partial charge on any atom is 0.338 e. The lowest BCUT2D eigenvalue weighted by Gasteiger charge is -2.45. The van der Waals surface area contributed by atoms with Crippen molar-refractivity contribution in [2.75, 3.05) is 11.5 Å². The number of rotatable bonds is 4. The highest BCUT2D eigenvalue weighted by Crippen LogP contribution is 2.61. The number of anilines is 1. The number of imide groups is 1. The van der Waals surface area contributed by atoms with E-state index in [0.717, 1.165) is 22.3 Å². The van der Waals surface area contributed by atoms with Gasteiger partial charge in [-0.15, -0.1) is 0 Å². The maximum atomic E-state index is 13.8. The van der Waals surface area contributed by atoms with Crippen LogP contribution in [0.5, 0.6) is 0 Å². The predicted octanol–water partition coefficient (Wildman–Crippen LogP) is 4.90. The quantitative estimate of drug-likeness (QED) is 0.418. The second-order valence-corrected chi connectivity index (χ2v) is 9.82. The molecule has 3 aliphatic carbocycles. The Labute approximate surface area is 198 Å². The minimum absolute atomic E-state index is 0.150. The van der Waals surface area contributed by atoms with Gasteiger partial charge in [-0.05, 0) is 46.4 Å². The molecule has 5 heteroatoms. The molecule has 2 bridgehead atoms. The molecule has 0 radical (unpaired) electrons. The molecule has 1 fully saturated rings. The maximum absolute atomic E-state index is 13.8. The molecule has 2 atom stereocenters. The molecule has 0 N–H and O–H groups in total. The van der Waals surface area contributed by atoms with Gasteiger partial charge in [0.25, 0.3) is 0 Å². The van der Waals surface area contributed by atoms with Crippen LogP contribution >= 0.6 is 0 Å². The zero-order valence-electron chi connectivity index (χ0n) is 19.1. The molecule has 3 aromatic rings. The van der Waals surface area contributed by atoms with Gasteiger partial charge in [-0.25, -0.2) is 9.69 Å². The second kappa shape index (κ2) is 7.66. The zero-order valence-corrected chi connectivity index (χ0v) is 19.1. The van der Waals surface area contributed by atoms with Gasteiger partial charge < -0.3 is 4.74 Å². The van der Waals surface area contributed by atoms with E-state index in [2.05, 4.69) is 24.3 Å². The summed E-state index contributed by atoms with van der Waals surface area (Å²) in [6.45, 7) is 4.25. The van der Waals surface area contributed by atoms with E-state index in [0.29, 0.717) is 17.9 Å². The first-order valence-electron chi connectivity index (χ1n) is 11.8. The Balaban J connectivity index is 1.41. The third-order valence-electron chi connectivity index (χ3n) is 7.34. The summed E-state index contributed by atoms with van der Waals surface area (Å²) in [5.41, 5.74) is 5.32. The lowest BCUT2D eigenvalue weighted by atomic mass is 9.55. The van der Waals surface area contributed by atoms with Crippen molar-refractivity contribution in [3.05, 3.63) is 101 Å². The molecule has 0 spiro atoms. The van der Waals surface area contributed by atoms with Gasteiger partial charge in [-0.1, -0.05) is 68.4 Å². The second-order valence-electron chi connectivity index (χ2n) is 9.82. The molecular formula is C29H25NO4. The Kier molecular flexibility index (Phi) is 4.70. The number of hydrogen-bond donors (Lipinski definition) is 0. The van der Waals surface area contributed by atoms with Crippen LogP contribution < -0.4 is 4.90 Å². The van der Waals surface area contributed by atoms with E-state index >= 15 is 0 Å². The molecule has 5 nitrogen and oxygen atoms in total. The molecule has 3 aromatic carbocycles. The van der Waals surface area contributed by atoms with Gasteiger partial charge in [0.15, 0.2) is 0 Å². The highest BCUT2D eigenvalue weighted by Gasteiger charge is 2.61. The Morgan fingerprint density at radius 3 is 1.76 bits per heavy atom. The summed E-state index contributed by atoms with van der Waals surface area (Å²) in [5, 5.41) is 0. The van der Waals surface area contributed by atoms with E-state index in [4.69, 9.17) is 4.74 Å². The molecule has 2 unspecified atom stereocenters. The molecule has 0 saturated carbocycles. The Hall–Kier alpha value is -3.73. The summed E-state index contributed by atoms with van der Waals surface area (Å²) in [6.07, 6.45) is 0. The molecule has 1 heterocycles. The van der Waals surface area contributed by atoms with E-state index in [9.17, 15) is 14.4 Å². The van der Waals surface area contributed by atoms with Crippen LogP contribution in [0.3, 0.4) is 0 Å². The molecule has 0 aromatic heterocycles. The first-order valence-corrected chi connectivity index (χ1v) is 11.8. The average molecular weight is 452 g/mol. The van der Waals surface area contributed by atoms with Crippen molar-refractivity contribution in [3.63, 3.8) is 0 Å². The lowest BCUT2D eigenvalue weighted by Crippen LogP contribution is -2.41. The van der Waals surface area contributed by atoms with Gasteiger partial charge >= 0.3 is 5.97 Å². The van der Waals surface area contributed by atoms with Crippen LogP contribution in [0, 0.1) is 17.8 Å². The van der Waals surface area contributed by atoms with Gasteiger partial charge in [0.05, 0.1) is 29.7 Å². The largest absolute Gasteiger partial charge is 0.462 e. The minimum atomic E-state index is -0.452. The highest BCUT2D eigenvalue weighted by molar-refractivity contribution is 6.23. The molecule has 1 saturated heterocycles. The smallest absolute Gasteiger partial charge is 0.338 e. The van der Waals surface area contributed by atoms with Crippen molar-refractivity contribution in [1.29, 1.82) is 0 Å². The number of hydrogen-bond acceptors (Lipinski definition) is 4. The molecule has 170 valence electrons. The highest BCUT2D eigenvalue weighted by atomic mass is 16.5. The van der Waals surface area contributed by atoms with E-state index in [1.165, 1.54) is 4.90 Å². The van der Waals surface area contributed by atoms with Gasteiger partial charge in [-0.2, -0.15) is 0 Å². The Bertz CT molecular complexity index is 1230. The lowest BCUT2D eigenvalue weighted by molar-refractivity contribution is -0.122. The fourth-order valence-corrected chi connectivity index (χ4v) is 6.03. The zero-order chi connectivity index (χ0) is 23.6. The number of nitrogens with zero attached hydrogens (tertiary/aromatic N) is 1. The van der Waals surface area contributed by atoms with Gasteiger partial charge in [0.2, 0.25) is 11.8 Å². The van der Waals surface area contributed by atoms with Crippen molar-refractivity contribution in [1.82, 2.24) is 0 Å². The van der Waals surface area contributed by atoms with Gasteiger partial charge in [0, 0.05) is 11.8 Å². The summed E-state index contributed by atoms with van der Waals surface area (Å²) in [7, 11) is 0. The van der Waals surface area contributed by atoms with Crippen LogP contribution in [-0.2, 0) is 14.3 Å². The van der Waals surface area contributed by atoms with Crippen molar-refractivity contribution < 1.29 is 19.1 Å². The number of amides is 2. The monoisotopic (exact) mass is 451 g/mol. The third-order valence-corrected chi connectivity index (χ3v) is 7.34. The van der Waals surface area contributed by atoms with Crippen molar-refractivity contribution >= 4 is 23.5 Å². The average Bonchev–Trinajstić information content (AvgIpc) is 3.13. The topological polar surface area (TPSA) is 63.7 Å². The van der Waals surface area contributed by atoms with Crippen LogP contribution in [0.15, 0.2) is 72.8 Å². The van der Waals surface area contributed by atoms with Crippen molar-refractivity contribution in [2.45, 2.75) is 25.7 Å². The summed E-state index contributed by atoms with van der Waals surface area (Å²) < 4.78 is 5.36. The fraction of sp³-hybridized carbons (Fsp3) is 0.276. The summed E-state index contributed by atoms with van der Waals surface area (Å²) >= 11 is 0. The molecule has 7 rings (SSSR count). The van der Waals surface area contributed by atoms with Gasteiger partial charge in [0.1, 0.15) is 0 Å². The van der Waals surface area contributed by atoms with Gasteiger partial charge in [-0.3, -0.25) is 9.59 Å². The molecule has 1 aliphatic heterocycles. The summed E-state index contributed by atoms with van der Waals surface area (Å²) in [5.74, 6) is -1.81. The predicted molar refractivity (Wildman–Crippen MR) is 128 cm³/mol. The molecular weight excluding hydrogens is 426 g/mol. The third kappa shape index (κ3) is 2.89. The van der Waals surface area contributed by atoms with E-state index in [-0.39, 0.29) is 29.6 Å².